The summed E-state index contributed by atoms with van der Waals surface area (Å²) in [5, 5.41) is 9.77. The monoisotopic (exact) mass is 380 g/mol. The fourth-order valence-electron chi connectivity index (χ4n) is 4.05. The van der Waals surface area contributed by atoms with E-state index in [-0.39, 0.29) is 12.2 Å². The molecule has 5 heteroatoms. The number of ether oxygens (including phenoxy) is 1. The van der Waals surface area contributed by atoms with Gasteiger partial charge in [0.05, 0.1) is 0 Å². The number of ketones is 2. The summed E-state index contributed by atoms with van der Waals surface area (Å²) >= 11 is 0. The van der Waals surface area contributed by atoms with Gasteiger partial charge in [-0.25, -0.2) is 0 Å². The molecule has 1 aliphatic rings. The molecular weight excluding hydrogens is 356 g/mol. The van der Waals surface area contributed by atoms with Crippen LogP contribution in [0.1, 0.15) is 50.2 Å². The predicted molar refractivity (Wildman–Crippen MR) is 104 cm³/mol. The lowest BCUT2D eigenvalue weighted by atomic mass is 9.73. The average molecular weight is 380 g/mol. The van der Waals surface area contributed by atoms with Gasteiger partial charge in [-0.2, -0.15) is 0 Å². The van der Waals surface area contributed by atoms with Gasteiger partial charge in [-0.15, -0.1) is 0 Å². The van der Waals surface area contributed by atoms with Gasteiger partial charge < -0.3 is 9.84 Å². The first-order valence-corrected chi connectivity index (χ1v) is 9.60. The standard InChI is InChI=1S/C23H24O5/c1-3-13-23(16-10-6-5-7-11-16)21(26)20(25)19(22(27)28-23)18(4-2)15-9-8-12-17(24)14-15/h5-12,14,18-19,24H,3-4,13H2,1-2H3. The van der Waals surface area contributed by atoms with Crippen LogP contribution in [-0.4, -0.2) is 22.6 Å². The van der Waals surface area contributed by atoms with Crippen molar-refractivity contribution < 1.29 is 24.2 Å². The first kappa shape index (κ1) is 19.8. The van der Waals surface area contributed by atoms with E-state index in [0.29, 0.717) is 24.0 Å². The smallest absolute Gasteiger partial charge is 0.318 e. The van der Waals surface area contributed by atoms with Crippen LogP contribution in [0.5, 0.6) is 5.75 Å². The summed E-state index contributed by atoms with van der Waals surface area (Å²) in [7, 11) is 0. The van der Waals surface area contributed by atoms with Crippen LogP contribution in [0.15, 0.2) is 54.6 Å². The number of hydrogen-bond donors (Lipinski definition) is 1. The van der Waals surface area contributed by atoms with Crippen LogP contribution in [0.4, 0.5) is 0 Å². The van der Waals surface area contributed by atoms with Crippen molar-refractivity contribution in [3.05, 3.63) is 65.7 Å². The third-order valence-electron chi connectivity index (χ3n) is 5.38. The Hall–Kier alpha value is -2.95. The number of rotatable bonds is 6. The van der Waals surface area contributed by atoms with E-state index < -0.39 is 35.0 Å². The first-order chi connectivity index (χ1) is 13.4. The molecule has 0 radical (unpaired) electrons. The third-order valence-corrected chi connectivity index (χ3v) is 5.38. The van der Waals surface area contributed by atoms with Gasteiger partial charge in [0.25, 0.3) is 0 Å². The number of aromatic hydroxyl groups is 1. The molecule has 1 saturated heterocycles. The summed E-state index contributed by atoms with van der Waals surface area (Å²) in [6.07, 6.45) is 1.28. The molecule has 1 fully saturated rings. The van der Waals surface area contributed by atoms with Crippen LogP contribution in [0.2, 0.25) is 0 Å². The van der Waals surface area contributed by atoms with E-state index in [1.807, 2.05) is 13.8 Å². The highest BCUT2D eigenvalue weighted by molar-refractivity contribution is 6.45. The molecule has 2 aromatic rings. The van der Waals surface area contributed by atoms with Gasteiger partial charge >= 0.3 is 5.97 Å². The third kappa shape index (κ3) is 3.33. The molecule has 0 aliphatic carbocycles. The summed E-state index contributed by atoms with van der Waals surface area (Å²) in [4.78, 5) is 39.4. The molecule has 5 nitrogen and oxygen atoms in total. The van der Waals surface area contributed by atoms with E-state index in [1.165, 1.54) is 12.1 Å². The summed E-state index contributed by atoms with van der Waals surface area (Å²) in [5.41, 5.74) is -0.404. The van der Waals surface area contributed by atoms with Crippen molar-refractivity contribution in [2.45, 2.75) is 44.6 Å². The van der Waals surface area contributed by atoms with Crippen LogP contribution in [-0.2, 0) is 24.7 Å². The normalized spacial score (nSPS) is 23.4. The molecule has 3 unspecified atom stereocenters. The Morgan fingerprint density at radius 3 is 2.36 bits per heavy atom. The van der Waals surface area contributed by atoms with Crippen LogP contribution >= 0.6 is 0 Å². The van der Waals surface area contributed by atoms with Gasteiger partial charge in [0, 0.05) is 11.5 Å². The van der Waals surface area contributed by atoms with Gasteiger partial charge in [0.1, 0.15) is 11.7 Å². The molecule has 0 bridgehead atoms. The van der Waals surface area contributed by atoms with Crippen LogP contribution < -0.4 is 0 Å². The largest absolute Gasteiger partial charge is 0.508 e. The van der Waals surface area contributed by atoms with Gasteiger partial charge in [-0.05, 0) is 30.5 Å². The van der Waals surface area contributed by atoms with E-state index in [1.54, 1.807) is 42.5 Å². The molecule has 28 heavy (non-hydrogen) atoms. The van der Waals surface area contributed by atoms with Gasteiger partial charge in [-0.1, -0.05) is 62.7 Å². The number of phenolic OH excluding ortho intramolecular Hbond substituents is 1. The Kier molecular flexibility index (Phi) is 5.63. The molecule has 0 aromatic heterocycles. The SMILES string of the molecule is CCCC1(c2ccccc2)OC(=O)C(C(CC)c2cccc(O)c2)C(=O)C1=O. The Bertz CT molecular complexity index is 889. The summed E-state index contributed by atoms with van der Waals surface area (Å²) < 4.78 is 5.76. The number of benzene rings is 2. The molecule has 2 aromatic carbocycles. The van der Waals surface area contributed by atoms with Crippen molar-refractivity contribution in [1.82, 2.24) is 0 Å². The molecule has 3 rings (SSSR count). The zero-order chi connectivity index (χ0) is 20.3. The number of Topliss-reactive ketones (excluding diaryl/α,β-unsaturated/α-hetero) is 2. The maximum Gasteiger partial charge on any atom is 0.318 e. The summed E-state index contributed by atoms with van der Waals surface area (Å²) in [5.74, 6) is -3.77. The minimum Gasteiger partial charge on any atom is -0.508 e. The van der Waals surface area contributed by atoms with Crippen molar-refractivity contribution in [3.8, 4) is 5.75 Å². The zero-order valence-corrected chi connectivity index (χ0v) is 16.1. The second-order valence-corrected chi connectivity index (χ2v) is 7.14. The van der Waals surface area contributed by atoms with E-state index in [9.17, 15) is 19.5 Å². The van der Waals surface area contributed by atoms with Crippen LogP contribution in [0, 0.1) is 5.92 Å². The fourth-order valence-corrected chi connectivity index (χ4v) is 4.05. The second-order valence-electron chi connectivity index (χ2n) is 7.14. The van der Waals surface area contributed by atoms with E-state index in [0.717, 1.165) is 0 Å². The highest BCUT2D eigenvalue weighted by Gasteiger charge is 2.56. The maximum absolute atomic E-state index is 13.2. The van der Waals surface area contributed by atoms with Crippen molar-refractivity contribution in [3.63, 3.8) is 0 Å². The van der Waals surface area contributed by atoms with Crippen molar-refractivity contribution >= 4 is 17.5 Å². The lowest BCUT2D eigenvalue weighted by Crippen LogP contribution is -2.55. The number of carbonyl (C=O) groups is 3. The number of hydrogen-bond acceptors (Lipinski definition) is 5. The van der Waals surface area contributed by atoms with Gasteiger partial charge in [0.15, 0.2) is 0 Å². The minimum atomic E-state index is -1.56. The highest BCUT2D eigenvalue weighted by atomic mass is 16.6. The Balaban J connectivity index is 2.03. The Morgan fingerprint density at radius 2 is 1.75 bits per heavy atom. The summed E-state index contributed by atoms with van der Waals surface area (Å²) in [6.45, 7) is 3.72. The molecule has 0 spiro atoms. The quantitative estimate of drug-likeness (QED) is 0.467. The van der Waals surface area contributed by atoms with Crippen molar-refractivity contribution in [1.29, 1.82) is 0 Å². The van der Waals surface area contributed by atoms with Gasteiger partial charge in [0.2, 0.25) is 17.2 Å². The van der Waals surface area contributed by atoms with E-state index >= 15 is 0 Å². The van der Waals surface area contributed by atoms with Crippen molar-refractivity contribution in [2.24, 2.45) is 5.92 Å². The van der Waals surface area contributed by atoms with E-state index in [2.05, 4.69) is 0 Å². The van der Waals surface area contributed by atoms with Crippen LogP contribution in [0.3, 0.4) is 0 Å². The molecular formula is C23H24O5. The number of phenols is 1. The average Bonchev–Trinajstić information content (AvgIpc) is 2.70. The molecule has 1 N–H and O–H groups in total. The topological polar surface area (TPSA) is 80.7 Å². The number of cyclic esters (lactones) is 1. The molecule has 146 valence electrons. The molecule has 3 atom stereocenters. The molecule has 1 aliphatic heterocycles. The summed E-state index contributed by atoms with van der Waals surface area (Å²) in [6, 6.07) is 15.2. The molecule has 0 amide bonds. The molecule has 0 saturated carbocycles. The lowest BCUT2D eigenvalue weighted by molar-refractivity contribution is -0.186. The predicted octanol–water partition coefficient (Wildman–Crippen LogP) is 3.89. The highest BCUT2D eigenvalue weighted by Crippen LogP contribution is 2.42. The molecule has 1 heterocycles. The number of carbonyl (C=O) groups excluding carboxylic acids is 3. The van der Waals surface area contributed by atoms with Crippen molar-refractivity contribution in [2.75, 3.05) is 0 Å². The Labute approximate surface area is 164 Å². The lowest BCUT2D eigenvalue weighted by Gasteiger charge is -2.39. The van der Waals surface area contributed by atoms with Crippen LogP contribution in [0.25, 0.3) is 0 Å². The maximum atomic E-state index is 13.2. The number of esters is 1. The zero-order valence-electron chi connectivity index (χ0n) is 16.1. The van der Waals surface area contributed by atoms with Gasteiger partial charge in [-0.3, -0.25) is 14.4 Å². The second kappa shape index (κ2) is 7.97. The minimum absolute atomic E-state index is 0.0449. The Morgan fingerprint density at radius 1 is 1.04 bits per heavy atom. The first-order valence-electron chi connectivity index (χ1n) is 9.60. The van der Waals surface area contributed by atoms with E-state index in [4.69, 9.17) is 4.74 Å². The fraction of sp³-hybridized carbons (Fsp3) is 0.348.